The van der Waals surface area contributed by atoms with Crippen LogP contribution in [0.25, 0.3) is 0 Å². The number of phenols is 1. The molecule has 1 saturated heterocycles. The van der Waals surface area contributed by atoms with Gasteiger partial charge in [-0.25, -0.2) is 8.42 Å². The molecule has 1 aliphatic rings. The Hall–Kier alpha value is -1.50. The van der Waals surface area contributed by atoms with Crippen LogP contribution in [0.4, 0.5) is 0 Å². The fourth-order valence-corrected chi connectivity index (χ4v) is 5.63. The molecule has 2 aromatic carbocycles. The molecular weight excluding hydrogens is 342 g/mol. The van der Waals surface area contributed by atoms with Gasteiger partial charge in [0.2, 0.25) is 10.0 Å². The van der Waals surface area contributed by atoms with Crippen molar-refractivity contribution in [3.63, 3.8) is 0 Å². The van der Waals surface area contributed by atoms with Crippen LogP contribution >= 0.6 is 11.8 Å². The van der Waals surface area contributed by atoms with E-state index in [1.807, 2.05) is 31.2 Å². The van der Waals surface area contributed by atoms with Crippen molar-refractivity contribution in [3.8, 4) is 5.75 Å². The van der Waals surface area contributed by atoms with Crippen LogP contribution in [0.3, 0.4) is 0 Å². The molecule has 0 aromatic heterocycles. The smallest absolute Gasteiger partial charge is 0.243 e. The van der Waals surface area contributed by atoms with Crippen molar-refractivity contribution in [2.24, 2.45) is 0 Å². The standard InChI is InChI=1S/C18H21NO3S2/c1-14-4-10-18(11-5-14)24(21,22)19-12-2-3-17(13-19)23-16-8-6-15(20)7-9-16/h4-11,17,20H,2-3,12-13H2,1H3. The molecule has 2 aromatic rings. The van der Waals surface area contributed by atoms with E-state index < -0.39 is 10.0 Å². The van der Waals surface area contributed by atoms with Crippen molar-refractivity contribution in [1.29, 1.82) is 0 Å². The monoisotopic (exact) mass is 363 g/mol. The number of benzene rings is 2. The first kappa shape index (κ1) is 17.3. The first-order valence-corrected chi connectivity index (χ1v) is 10.3. The van der Waals surface area contributed by atoms with Crippen molar-refractivity contribution < 1.29 is 13.5 Å². The van der Waals surface area contributed by atoms with Crippen LogP contribution in [0.5, 0.6) is 5.75 Å². The lowest BCUT2D eigenvalue weighted by atomic mass is 10.2. The number of phenolic OH excluding ortho intramolecular Hbond substituents is 1. The molecule has 1 atom stereocenters. The lowest BCUT2D eigenvalue weighted by Gasteiger charge is -2.31. The van der Waals surface area contributed by atoms with E-state index in [0.717, 1.165) is 23.3 Å². The molecule has 24 heavy (non-hydrogen) atoms. The van der Waals surface area contributed by atoms with Crippen LogP contribution in [-0.2, 0) is 10.0 Å². The summed E-state index contributed by atoms with van der Waals surface area (Å²) in [6, 6.07) is 14.1. The number of sulfonamides is 1. The van der Waals surface area contributed by atoms with Crippen LogP contribution in [0, 0.1) is 6.92 Å². The van der Waals surface area contributed by atoms with E-state index in [0.29, 0.717) is 18.0 Å². The van der Waals surface area contributed by atoms with Gasteiger partial charge >= 0.3 is 0 Å². The Labute approximate surface area is 147 Å². The highest BCUT2D eigenvalue weighted by atomic mass is 32.2. The molecule has 3 rings (SSSR count). The summed E-state index contributed by atoms with van der Waals surface area (Å²) in [5.74, 6) is 0.242. The number of rotatable bonds is 4. The van der Waals surface area contributed by atoms with Gasteiger partial charge in [0.15, 0.2) is 0 Å². The number of thioether (sulfide) groups is 1. The molecule has 1 heterocycles. The lowest BCUT2D eigenvalue weighted by molar-refractivity contribution is 0.353. The number of hydrogen-bond donors (Lipinski definition) is 1. The largest absolute Gasteiger partial charge is 0.508 e. The molecule has 6 heteroatoms. The Balaban J connectivity index is 1.72. The van der Waals surface area contributed by atoms with Gasteiger partial charge in [-0.3, -0.25) is 0 Å². The van der Waals surface area contributed by atoms with Gasteiger partial charge in [-0.15, -0.1) is 11.8 Å². The third kappa shape index (κ3) is 3.94. The van der Waals surface area contributed by atoms with Crippen molar-refractivity contribution in [2.75, 3.05) is 13.1 Å². The molecule has 0 spiro atoms. The highest BCUT2D eigenvalue weighted by molar-refractivity contribution is 8.00. The molecule has 0 bridgehead atoms. The van der Waals surface area contributed by atoms with Gasteiger partial charge in [0.1, 0.15) is 5.75 Å². The van der Waals surface area contributed by atoms with E-state index in [4.69, 9.17) is 0 Å². The quantitative estimate of drug-likeness (QED) is 0.901. The topological polar surface area (TPSA) is 57.6 Å². The predicted molar refractivity (Wildman–Crippen MR) is 96.9 cm³/mol. The van der Waals surface area contributed by atoms with Crippen LogP contribution in [0.15, 0.2) is 58.3 Å². The minimum atomic E-state index is -3.43. The first-order chi connectivity index (χ1) is 11.4. The summed E-state index contributed by atoms with van der Waals surface area (Å²) >= 11 is 1.67. The maximum atomic E-state index is 12.8. The molecule has 1 fully saturated rings. The summed E-state index contributed by atoms with van der Waals surface area (Å²) in [4.78, 5) is 1.41. The van der Waals surface area contributed by atoms with Crippen LogP contribution in [0.2, 0.25) is 0 Å². The second-order valence-corrected chi connectivity index (χ2v) is 9.36. The van der Waals surface area contributed by atoms with E-state index >= 15 is 0 Å². The third-order valence-corrected chi connectivity index (χ3v) is 7.28. The third-order valence-electron chi connectivity index (χ3n) is 4.14. The summed E-state index contributed by atoms with van der Waals surface area (Å²) in [6.07, 6.45) is 1.85. The van der Waals surface area contributed by atoms with E-state index in [1.54, 1.807) is 40.3 Å². The molecule has 1 aliphatic heterocycles. The average Bonchev–Trinajstić information content (AvgIpc) is 2.58. The number of hydrogen-bond acceptors (Lipinski definition) is 4. The molecule has 4 nitrogen and oxygen atoms in total. The van der Waals surface area contributed by atoms with Crippen molar-refractivity contribution in [1.82, 2.24) is 4.31 Å². The number of nitrogens with zero attached hydrogens (tertiary/aromatic N) is 1. The maximum absolute atomic E-state index is 12.8. The normalized spacial score (nSPS) is 19.3. The SMILES string of the molecule is Cc1ccc(S(=O)(=O)N2CCCC(Sc3ccc(O)cc3)C2)cc1. The van der Waals surface area contributed by atoms with Gasteiger partial charge in [-0.1, -0.05) is 17.7 Å². The number of aryl methyl sites for hydroxylation is 1. The average molecular weight is 364 g/mol. The Morgan fingerprint density at radius 3 is 2.42 bits per heavy atom. The minimum Gasteiger partial charge on any atom is -0.508 e. The van der Waals surface area contributed by atoms with E-state index in [9.17, 15) is 13.5 Å². The Bertz CT molecular complexity index is 786. The Morgan fingerprint density at radius 2 is 1.75 bits per heavy atom. The zero-order valence-electron chi connectivity index (χ0n) is 13.6. The minimum absolute atomic E-state index is 0.225. The van der Waals surface area contributed by atoms with Crippen LogP contribution in [0.1, 0.15) is 18.4 Å². The van der Waals surface area contributed by atoms with E-state index in [1.165, 1.54) is 0 Å². The summed E-state index contributed by atoms with van der Waals surface area (Å²) in [6.45, 7) is 3.03. The molecule has 0 amide bonds. The van der Waals surface area contributed by atoms with Crippen molar-refractivity contribution in [3.05, 3.63) is 54.1 Å². The zero-order chi connectivity index (χ0) is 17.2. The number of aromatic hydroxyl groups is 1. The second-order valence-electron chi connectivity index (χ2n) is 6.05. The summed E-state index contributed by atoms with van der Waals surface area (Å²) in [5, 5.41) is 9.59. The molecule has 0 aliphatic carbocycles. The summed E-state index contributed by atoms with van der Waals surface area (Å²) < 4.78 is 27.2. The Kier molecular flexibility index (Phi) is 5.18. The van der Waals surface area contributed by atoms with E-state index in [-0.39, 0.29) is 11.0 Å². The molecule has 1 N–H and O–H groups in total. The van der Waals surface area contributed by atoms with Crippen LogP contribution < -0.4 is 0 Å². The second kappa shape index (κ2) is 7.17. The predicted octanol–water partition coefficient (Wildman–Crippen LogP) is 3.65. The van der Waals surface area contributed by atoms with E-state index in [2.05, 4.69) is 0 Å². The Morgan fingerprint density at radius 1 is 1.08 bits per heavy atom. The molecular formula is C18H21NO3S2. The molecule has 0 radical (unpaired) electrons. The van der Waals surface area contributed by atoms with Gasteiger partial charge < -0.3 is 5.11 Å². The maximum Gasteiger partial charge on any atom is 0.243 e. The first-order valence-electron chi connectivity index (χ1n) is 7.98. The van der Waals surface area contributed by atoms with Gasteiger partial charge in [0.05, 0.1) is 4.90 Å². The lowest BCUT2D eigenvalue weighted by Crippen LogP contribution is -2.41. The fraction of sp³-hybridized carbons (Fsp3) is 0.333. The summed E-state index contributed by atoms with van der Waals surface area (Å²) in [7, 11) is -3.43. The van der Waals surface area contributed by atoms with Crippen molar-refractivity contribution >= 4 is 21.8 Å². The number of piperidine rings is 1. The molecule has 0 saturated carbocycles. The van der Waals surface area contributed by atoms with Gasteiger partial charge in [0, 0.05) is 23.2 Å². The highest BCUT2D eigenvalue weighted by Crippen LogP contribution is 2.32. The van der Waals surface area contributed by atoms with Gasteiger partial charge in [-0.2, -0.15) is 4.31 Å². The van der Waals surface area contributed by atoms with Crippen LogP contribution in [-0.4, -0.2) is 36.2 Å². The van der Waals surface area contributed by atoms with Gasteiger partial charge in [-0.05, 0) is 56.2 Å². The van der Waals surface area contributed by atoms with Gasteiger partial charge in [0.25, 0.3) is 0 Å². The zero-order valence-corrected chi connectivity index (χ0v) is 15.2. The van der Waals surface area contributed by atoms with Crippen molar-refractivity contribution in [2.45, 2.75) is 34.8 Å². The highest BCUT2D eigenvalue weighted by Gasteiger charge is 2.30. The molecule has 128 valence electrons. The fourth-order valence-electron chi connectivity index (χ4n) is 2.80. The summed E-state index contributed by atoms with van der Waals surface area (Å²) in [5.41, 5.74) is 1.05. The molecule has 1 unspecified atom stereocenters.